The molecular weight excluding hydrogens is 352 g/mol. The zero-order valence-corrected chi connectivity index (χ0v) is 16.3. The number of nitrogens with zero attached hydrogens (tertiary/aromatic N) is 1. The van der Waals surface area contributed by atoms with Crippen molar-refractivity contribution in [3.63, 3.8) is 0 Å². The molecule has 0 bridgehead atoms. The third-order valence-corrected chi connectivity index (χ3v) is 7.34. The monoisotopic (exact) mass is 380 g/mol. The third-order valence-electron chi connectivity index (χ3n) is 5.49. The topological polar surface area (TPSA) is 75.7 Å². The quantitative estimate of drug-likeness (QED) is 0.850. The lowest BCUT2D eigenvalue weighted by Gasteiger charge is -2.33. The van der Waals surface area contributed by atoms with Crippen LogP contribution in [0.4, 0.5) is 0 Å². The van der Waals surface area contributed by atoms with E-state index in [2.05, 4.69) is 5.32 Å². The molecule has 0 unspecified atom stereocenters. The summed E-state index contributed by atoms with van der Waals surface area (Å²) in [5.41, 5.74) is 2.37. The largest absolute Gasteiger partial charge is 0.497 e. The van der Waals surface area contributed by atoms with Crippen LogP contribution in [0.1, 0.15) is 49.8 Å². The van der Waals surface area contributed by atoms with Gasteiger partial charge in [-0.15, -0.1) is 0 Å². The minimum Gasteiger partial charge on any atom is -0.497 e. The third kappa shape index (κ3) is 4.04. The summed E-state index contributed by atoms with van der Waals surface area (Å²) in [6, 6.07) is 6.01. The number of fused-ring (bicyclic) bond motifs is 1. The number of rotatable bonds is 5. The number of nitrogens with one attached hydrogen (secondary N) is 1. The molecule has 1 N–H and O–H groups in total. The van der Waals surface area contributed by atoms with Gasteiger partial charge in [-0.3, -0.25) is 4.79 Å². The average Bonchev–Trinajstić information content (AvgIpc) is 2.67. The van der Waals surface area contributed by atoms with E-state index in [1.165, 1.54) is 9.87 Å². The number of sulfonamides is 1. The predicted octanol–water partition coefficient (Wildman–Crippen LogP) is 2.25. The Morgan fingerprint density at radius 1 is 1.31 bits per heavy atom. The first kappa shape index (κ1) is 19.2. The number of hydrogen-bond acceptors (Lipinski definition) is 4. The first-order valence-corrected chi connectivity index (χ1v) is 11.0. The van der Waals surface area contributed by atoms with Crippen molar-refractivity contribution in [1.82, 2.24) is 9.62 Å². The molecular formula is C19H28N2O4S. The molecule has 26 heavy (non-hydrogen) atoms. The van der Waals surface area contributed by atoms with Crippen molar-refractivity contribution in [3.05, 3.63) is 29.3 Å². The molecule has 1 fully saturated rings. The van der Waals surface area contributed by atoms with E-state index in [9.17, 15) is 13.2 Å². The normalized spacial score (nSPS) is 23.9. The highest BCUT2D eigenvalue weighted by atomic mass is 32.2. The minimum atomic E-state index is -3.24. The van der Waals surface area contributed by atoms with Crippen molar-refractivity contribution in [2.45, 2.75) is 45.1 Å². The molecule has 1 aliphatic carbocycles. The summed E-state index contributed by atoms with van der Waals surface area (Å²) in [5, 5.41) is 3.17. The number of carbonyl (C=O) groups is 1. The van der Waals surface area contributed by atoms with E-state index in [0.29, 0.717) is 13.1 Å². The first-order chi connectivity index (χ1) is 12.4. The fraction of sp³-hybridized carbons (Fsp3) is 0.632. The van der Waals surface area contributed by atoms with Gasteiger partial charge in [0.2, 0.25) is 15.9 Å². The van der Waals surface area contributed by atoms with Crippen LogP contribution in [0.2, 0.25) is 0 Å². The van der Waals surface area contributed by atoms with E-state index in [4.69, 9.17) is 4.74 Å². The number of methoxy groups -OCH3 is 1. The molecule has 2 atom stereocenters. The number of aryl methyl sites for hydroxylation is 1. The Labute approximate surface area is 156 Å². The fourth-order valence-corrected chi connectivity index (χ4v) is 5.13. The molecule has 2 aliphatic rings. The van der Waals surface area contributed by atoms with E-state index in [-0.39, 0.29) is 23.6 Å². The fourth-order valence-electron chi connectivity index (χ4n) is 3.95. The molecule has 0 aromatic heterocycles. The lowest BCUT2D eigenvalue weighted by atomic mass is 9.87. The molecule has 144 valence electrons. The van der Waals surface area contributed by atoms with Crippen molar-refractivity contribution < 1.29 is 17.9 Å². The smallest absolute Gasteiger partial charge is 0.224 e. The van der Waals surface area contributed by atoms with Gasteiger partial charge in [-0.25, -0.2) is 12.7 Å². The number of ether oxygens (including phenoxy) is 1. The highest BCUT2D eigenvalue weighted by molar-refractivity contribution is 7.89. The van der Waals surface area contributed by atoms with Crippen molar-refractivity contribution in [2.75, 3.05) is 26.0 Å². The standard InChI is InChI=1S/C19H28N2O4S/c1-3-26(23,24)21-11-5-7-15(13-21)19(22)20-18-8-4-6-14-12-16(25-2)9-10-17(14)18/h9-10,12,15,18H,3-8,11,13H2,1-2H3,(H,20,22)/t15-,18-/m1/s1. The second-order valence-electron chi connectivity index (χ2n) is 7.12. The van der Waals surface area contributed by atoms with E-state index < -0.39 is 10.0 Å². The van der Waals surface area contributed by atoms with Gasteiger partial charge in [0.25, 0.3) is 0 Å². The number of hydrogen-bond donors (Lipinski definition) is 1. The molecule has 1 aromatic rings. The summed E-state index contributed by atoms with van der Waals surface area (Å²) in [6.07, 6.45) is 4.39. The molecule has 3 rings (SSSR count). The Morgan fingerprint density at radius 2 is 2.12 bits per heavy atom. The Morgan fingerprint density at radius 3 is 2.85 bits per heavy atom. The molecule has 0 spiro atoms. The van der Waals surface area contributed by atoms with Crippen molar-refractivity contribution in [3.8, 4) is 5.75 Å². The van der Waals surface area contributed by atoms with Gasteiger partial charge in [0, 0.05) is 13.1 Å². The summed E-state index contributed by atoms with van der Waals surface area (Å²) in [5.74, 6) is 0.617. The molecule has 7 heteroatoms. The molecule has 0 radical (unpaired) electrons. The van der Waals surface area contributed by atoms with Crippen LogP contribution in [0.5, 0.6) is 5.75 Å². The van der Waals surface area contributed by atoms with Gasteiger partial charge in [-0.2, -0.15) is 0 Å². The predicted molar refractivity (Wildman–Crippen MR) is 101 cm³/mol. The van der Waals surface area contributed by atoms with Crippen molar-refractivity contribution in [1.29, 1.82) is 0 Å². The van der Waals surface area contributed by atoms with Crippen LogP contribution >= 0.6 is 0 Å². The van der Waals surface area contributed by atoms with Crippen LogP contribution in [0.15, 0.2) is 18.2 Å². The van der Waals surface area contributed by atoms with Gasteiger partial charge in [0.15, 0.2) is 0 Å². The van der Waals surface area contributed by atoms with Gasteiger partial charge < -0.3 is 10.1 Å². The molecule has 1 aliphatic heterocycles. The van der Waals surface area contributed by atoms with Gasteiger partial charge in [0.05, 0.1) is 24.8 Å². The van der Waals surface area contributed by atoms with Crippen LogP contribution in [-0.2, 0) is 21.2 Å². The summed E-state index contributed by atoms with van der Waals surface area (Å²) in [4.78, 5) is 12.8. The van der Waals surface area contributed by atoms with Gasteiger partial charge in [0.1, 0.15) is 5.75 Å². The molecule has 1 aromatic carbocycles. The van der Waals surface area contributed by atoms with E-state index in [1.54, 1.807) is 14.0 Å². The van der Waals surface area contributed by atoms with Gasteiger partial charge >= 0.3 is 0 Å². The highest BCUT2D eigenvalue weighted by Crippen LogP contribution is 2.32. The van der Waals surface area contributed by atoms with E-state index in [0.717, 1.165) is 43.4 Å². The highest BCUT2D eigenvalue weighted by Gasteiger charge is 2.33. The van der Waals surface area contributed by atoms with Crippen LogP contribution in [0.25, 0.3) is 0 Å². The summed E-state index contributed by atoms with van der Waals surface area (Å²) in [6.45, 7) is 2.46. The zero-order valence-electron chi connectivity index (χ0n) is 15.5. The molecule has 1 amide bonds. The van der Waals surface area contributed by atoms with Gasteiger partial charge in [-0.1, -0.05) is 6.07 Å². The summed E-state index contributed by atoms with van der Waals surface area (Å²) >= 11 is 0. The Bertz CT molecular complexity index is 763. The second-order valence-corrected chi connectivity index (χ2v) is 9.37. The minimum absolute atomic E-state index is 0.00434. The lowest BCUT2D eigenvalue weighted by molar-refractivity contribution is -0.127. The van der Waals surface area contributed by atoms with E-state index in [1.807, 2.05) is 18.2 Å². The number of carbonyl (C=O) groups excluding carboxylic acids is 1. The second kappa shape index (κ2) is 7.96. The Balaban J connectivity index is 1.69. The summed E-state index contributed by atoms with van der Waals surface area (Å²) in [7, 11) is -1.58. The SMILES string of the molecule is CCS(=O)(=O)N1CCC[C@@H](C(=O)N[C@@H]2CCCc3cc(OC)ccc32)C1. The Kier molecular flexibility index (Phi) is 5.87. The molecule has 0 saturated carbocycles. The number of benzene rings is 1. The zero-order chi connectivity index (χ0) is 18.7. The maximum absolute atomic E-state index is 12.8. The maximum Gasteiger partial charge on any atom is 0.224 e. The lowest BCUT2D eigenvalue weighted by Crippen LogP contribution is -2.46. The van der Waals surface area contributed by atoms with Crippen molar-refractivity contribution >= 4 is 15.9 Å². The van der Waals surface area contributed by atoms with Crippen molar-refractivity contribution in [2.24, 2.45) is 5.92 Å². The van der Waals surface area contributed by atoms with Crippen LogP contribution < -0.4 is 10.1 Å². The first-order valence-electron chi connectivity index (χ1n) is 9.39. The molecule has 1 heterocycles. The Hall–Kier alpha value is -1.60. The molecule has 6 nitrogen and oxygen atoms in total. The van der Waals surface area contributed by atoms with Crippen LogP contribution in [-0.4, -0.2) is 44.6 Å². The summed E-state index contributed by atoms with van der Waals surface area (Å²) < 4.78 is 31.0. The number of piperidine rings is 1. The van der Waals surface area contributed by atoms with Crippen LogP contribution in [0.3, 0.4) is 0 Å². The molecule has 1 saturated heterocycles. The number of amides is 1. The van der Waals surface area contributed by atoms with Gasteiger partial charge in [-0.05, 0) is 62.3 Å². The van der Waals surface area contributed by atoms with Crippen LogP contribution in [0, 0.1) is 5.92 Å². The average molecular weight is 381 g/mol. The maximum atomic E-state index is 12.8. The van der Waals surface area contributed by atoms with E-state index >= 15 is 0 Å².